The van der Waals surface area contributed by atoms with Crippen molar-refractivity contribution in [3.63, 3.8) is 0 Å². The summed E-state index contributed by atoms with van der Waals surface area (Å²) in [5.74, 6) is 0.0415. The SMILES string of the molecule is Nc1cnccc1-c1ccc2c(c1)CC(=O)N2. The van der Waals surface area contributed by atoms with E-state index in [1.807, 2.05) is 24.3 Å². The Morgan fingerprint density at radius 3 is 3.00 bits per heavy atom. The zero-order valence-corrected chi connectivity index (χ0v) is 9.10. The summed E-state index contributed by atoms with van der Waals surface area (Å²) in [5, 5.41) is 2.81. The van der Waals surface area contributed by atoms with Crippen molar-refractivity contribution in [2.45, 2.75) is 6.42 Å². The van der Waals surface area contributed by atoms with Gasteiger partial charge in [-0.25, -0.2) is 0 Å². The number of rotatable bonds is 1. The number of amides is 1. The molecule has 1 aliphatic heterocycles. The van der Waals surface area contributed by atoms with Crippen LogP contribution in [-0.4, -0.2) is 10.9 Å². The maximum atomic E-state index is 11.3. The van der Waals surface area contributed by atoms with Gasteiger partial charge in [-0.3, -0.25) is 9.78 Å². The van der Waals surface area contributed by atoms with Crippen LogP contribution in [0.15, 0.2) is 36.7 Å². The van der Waals surface area contributed by atoms with Crippen molar-refractivity contribution in [1.82, 2.24) is 4.98 Å². The zero-order chi connectivity index (χ0) is 11.8. The summed E-state index contributed by atoms with van der Waals surface area (Å²) in [5.41, 5.74) is 10.4. The van der Waals surface area contributed by atoms with Crippen molar-refractivity contribution >= 4 is 17.3 Å². The Labute approximate surface area is 98.5 Å². The van der Waals surface area contributed by atoms with Crippen molar-refractivity contribution in [1.29, 1.82) is 0 Å². The minimum Gasteiger partial charge on any atom is -0.397 e. The molecule has 0 saturated heterocycles. The molecule has 1 aliphatic rings. The quantitative estimate of drug-likeness (QED) is 0.777. The first-order valence-corrected chi connectivity index (χ1v) is 5.37. The summed E-state index contributed by atoms with van der Waals surface area (Å²) in [6.45, 7) is 0. The van der Waals surface area contributed by atoms with E-state index in [0.29, 0.717) is 12.1 Å². The highest BCUT2D eigenvalue weighted by molar-refractivity contribution is 5.99. The van der Waals surface area contributed by atoms with Crippen molar-refractivity contribution in [3.8, 4) is 11.1 Å². The molecule has 3 N–H and O–H groups in total. The van der Waals surface area contributed by atoms with Crippen LogP contribution < -0.4 is 11.1 Å². The smallest absolute Gasteiger partial charge is 0.228 e. The molecule has 3 rings (SSSR count). The molecule has 84 valence electrons. The van der Waals surface area contributed by atoms with Gasteiger partial charge in [0, 0.05) is 17.4 Å². The van der Waals surface area contributed by atoms with E-state index in [-0.39, 0.29) is 5.91 Å². The number of aromatic nitrogens is 1. The van der Waals surface area contributed by atoms with Crippen molar-refractivity contribution in [2.24, 2.45) is 0 Å². The van der Waals surface area contributed by atoms with Crippen LogP contribution in [0, 0.1) is 0 Å². The molecule has 2 aromatic rings. The van der Waals surface area contributed by atoms with Crippen molar-refractivity contribution in [3.05, 3.63) is 42.2 Å². The van der Waals surface area contributed by atoms with Crippen LogP contribution in [0.4, 0.5) is 11.4 Å². The van der Waals surface area contributed by atoms with Crippen LogP contribution in [0.5, 0.6) is 0 Å². The molecule has 0 bridgehead atoms. The minimum atomic E-state index is 0.0415. The first-order chi connectivity index (χ1) is 8.24. The number of anilines is 2. The fraction of sp³-hybridized carbons (Fsp3) is 0.0769. The van der Waals surface area contributed by atoms with Gasteiger partial charge in [0.1, 0.15) is 0 Å². The van der Waals surface area contributed by atoms with Gasteiger partial charge in [-0.2, -0.15) is 0 Å². The van der Waals surface area contributed by atoms with E-state index in [4.69, 9.17) is 5.73 Å². The molecule has 0 unspecified atom stereocenters. The van der Waals surface area contributed by atoms with Gasteiger partial charge in [-0.15, -0.1) is 0 Å². The van der Waals surface area contributed by atoms with Crippen molar-refractivity contribution < 1.29 is 4.79 Å². The van der Waals surface area contributed by atoms with Crippen LogP contribution in [-0.2, 0) is 11.2 Å². The van der Waals surface area contributed by atoms with Crippen LogP contribution in [0.2, 0.25) is 0 Å². The lowest BCUT2D eigenvalue weighted by Gasteiger charge is -2.06. The summed E-state index contributed by atoms with van der Waals surface area (Å²) < 4.78 is 0. The van der Waals surface area contributed by atoms with E-state index in [1.165, 1.54) is 0 Å². The molecule has 2 heterocycles. The summed E-state index contributed by atoms with van der Waals surface area (Å²) in [6, 6.07) is 7.74. The Bertz CT molecular complexity index is 607. The van der Waals surface area contributed by atoms with E-state index < -0.39 is 0 Å². The number of benzene rings is 1. The first-order valence-electron chi connectivity index (χ1n) is 5.37. The van der Waals surface area contributed by atoms with E-state index >= 15 is 0 Å². The second kappa shape index (κ2) is 3.59. The molecule has 1 amide bonds. The number of nitrogens with two attached hydrogens (primary N) is 1. The summed E-state index contributed by atoms with van der Waals surface area (Å²) >= 11 is 0. The maximum Gasteiger partial charge on any atom is 0.228 e. The summed E-state index contributed by atoms with van der Waals surface area (Å²) in [7, 11) is 0. The average molecular weight is 225 g/mol. The van der Waals surface area contributed by atoms with E-state index in [1.54, 1.807) is 12.4 Å². The number of hydrogen-bond donors (Lipinski definition) is 2. The Morgan fingerprint density at radius 2 is 2.18 bits per heavy atom. The lowest BCUT2D eigenvalue weighted by atomic mass is 10.0. The lowest BCUT2D eigenvalue weighted by molar-refractivity contribution is -0.115. The molecule has 4 heteroatoms. The fourth-order valence-electron chi connectivity index (χ4n) is 2.07. The number of carbonyl (C=O) groups is 1. The molecule has 0 aliphatic carbocycles. The largest absolute Gasteiger partial charge is 0.397 e. The molecule has 17 heavy (non-hydrogen) atoms. The van der Waals surface area contributed by atoms with Gasteiger partial charge in [0.2, 0.25) is 5.91 Å². The third kappa shape index (κ3) is 1.63. The Balaban J connectivity index is 2.09. The lowest BCUT2D eigenvalue weighted by Crippen LogP contribution is -2.03. The van der Waals surface area contributed by atoms with Gasteiger partial charge >= 0.3 is 0 Å². The number of nitrogen functional groups attached to an aromatic ring is 1. The van der Waals surface area contributed by atoms with Crippen LogP contribution in [0.1, 0.15) is 5.56 Å². The predicted octanol–water partition coefficient (Wildman–Crippen LogP) is 1.83. The molecule has 1 aromatic heterocycles. The molecule has 0 saturated carbocycles. The standard InChI is InChI=1S/C13H11N3O/c14-11-7-15-4-3-10(11)8-1-2-12-9(5-8)6-13(17)16-12/h1-5,7H,6,14H2,(H,16,17). The molecule has 0 atom stereocenters. The van der Waals surface area contributed by atoms with Gasteiger partial charge < -0.3 is 11.1 Å². The number of hydrogen-bond acceptors (Lipinski definition) is 3. The first kappa shape index (κ1) is 9.84. The van der Waals surface area contributed by atoms with Crippen LogP contribution >= 0.6 is 0 Å². The van der Waals surface area contributed by atoms with Crippen LogP contribution in [0.25, 0.3) is 11.1 Å². The van der Waals surface area contributed by atoms with Crippen molar-refractivity contribution in [2.75, 3.05) is 11.1 Å². The van der Waals surface area contributed by atoms with Gasteiger partial charge in [-0.1, -0.05) is 6.07 Å². The Hall–Kier alpha value is -2.36. The maximum absolute atomic E-state index is 11.3. The third-order valence-corrected chi connectivity index (χ3v) is 2.89. The average Bonchev–Trinajstić information content (AvgIpc) is 2.68. The second-order valence-electron chi connectivity index (χ2n) is 4.06. The normalized spacial score (nSPS) is 13.3. The highest BCUT2D eigenvalue weighted by Crippen LogP contribution is 2.31. The van der Waals surface area contributed by atoms with Gasteiger partial charge in [-0.05, 0) is 29.3 Å². The highest BCUT2D eigenvalue weighted by Gasteiger charge is 2.17. The monoisotopic (exact) mass is 225 g/mol. The molecule has 1 aromatic carbocycles. The highest BCUT2D eigenvalue weighted by atomic mass is 16.1. The number of fused-ring (bicyclic) bond motifs is 1. The molecule has 4 nitrogen and oxygen atoms in total. The van der Waals surface area contributed by atoms with Gasteiger partial charge in [0.25, 0.3) is 0 Å². The zero-order valence-electron chi connectivity index (χ0n) is 9.10. The van der Waals surface area contributed by atoms with Gasteiger partial charge in [0.15, 0.2) is 0 Å². The van der Waals surface area contributed by atoms with Gasteiger partial charge in [0.05, 0.1) is 18.3 Å². The summed E-state index contributed by atoms with van der Waals surface area (Å²) in [4.78, 5) is 15.2. The number of nitrogens with zero attached hydrogens (tertiary/aromatic N) is 1. The van der Waals surface area contributed by atoms with E-state index in [0.717, 1.165) is 22.4 Å². The molecular formula is C13H11N3O. The Kier molecular flexibility index (Phi) is 2.08. The fourth-order valence-corrected chi connectivity index (χ4v) is 2.07. The predicted molar refractivity (Wildman–Crippen MR) is 66.4 cm³/mol. The third-order valence-electron chi connectivity index (χ3n) is 2.89. The Morgan fingerprint density at radius 1 is 1.29 bits per heavy atom. The van der Waals surface area contributed by atoms with E-state index in [9.17, 15) is 4.79 Å². The van der Waals surface area contributed by atoms with Crippen LogP contribution in [0.3, 0.4) is 0 Å². The second-order valence-corrected chi connectivity index (χ2v) is 4.06. The molecule has 0 spiro atoms. The number of pyridine rings is 1. The molecule has 0 fully saturated rings. The number of carbonyl (C=O) groups excluding carboxylic acids is 1. The number of nitrogens with one attached hydrogen (secondary N) is 1. The summed E-state index contributed by atoms with van der Waals surface area (Å²) in [6.07, 6.45) is 3.78. The minimum absolute atomic E-state index is 0.0415. The molecular weight excluding hydrogens is 214 g/mol. The molecule has 0 radical (unpaired) electrons. The topological polar surface area (TPSA) is 68.0 Å². The van der Waals surface area contributed by atoms with E-state index in [2.05, 4.69) is 10.3 Å².